The number of hydrogen-bond donors (Lipinski definition) is 3. The molecule has 1 unspecified atom stereocenters. The van der Waals surface area contributed by atoms with Gasteiger partial charge in [-0.1, -0.05) is 19.1 Å². The van der Waals surface area contributed by atoms with Crippen LogP contribution >= 0.6 is 8.25 Å². The van der Waals surface area contributed by atoms with E-state index >= 15 is 0 Å². The number of hydrogen-bond acceptors (Lipinski definition) is 7. The van der Waals surface area contributed by atoms with Crippen molar-refractivity contribution in [1.82, 2.24) is 9.88 Å². The van der Waals surface area contributed by atoms with Crippen molar-refractivity contribution in [2.45, 2.75) is 39.3 Å². The van der Waals surface area contributed by atoms with E-state index in [4.69, 9.17) is 19.5 Å². The number of aromatic carboxylic acids is 1. The van der Waals surface area contributed by atoms with Crippen LogP contribution < -0.4 is 9.63 Å². The first kappa shape index (κ1) is 25.8. The van der Waals surface area contributed by atoms with Gasteiger partial charge in [0.1, 0.15) is 5.75 Å². The number of rotatable bonds is 6. The number of aromatic amines is 1. The van der Waals surface area contributed by atoms with Gasteiger partial charge < -0.3 is 19.7 Å². The molecule has 0 saturated carbocycles. The van der Waals surface area contributed by atoms with Crippen LogP contribution in [0.2, 0.25) is 0 Å². The molecule has 3 N–H and O–H groups in total. The van der Waals surface area contributed by atoms with Gasteiger partial charge in [0.05, 0.1) is 12.7 Å². The van der Waals surface area contributed by atoms with E-state index in [2.05, 4.69) is 40.5 Å². The molecule has 1 saturated heterocycles. The van der Waals surface area contributed by atoms with Crippen molar-refractivity contribution in [3.05, 3.63) is 64.8 Å². The van der Waals surface area contributed by atoms with E-state index in [-0.39, 0.29) is 7.47 Å². The number of aromatic nitrogens is 1. The first-order chi connectivity index (χ1) is 16.2. The third-order valence-corrected chi connectivity index (χ3v) is 6.41. The van der Waals surface area contributed by atoms with Gasteiger partial charge in [0.15, 0.2) is 0 Å². The van der Waals surface area contributed by atoms with E-state index in [1.807, 2.05) is 18.3 Å². The molecule has 0 bridgehead atoms. The van der Waals surface area contributed by atoms with Gasteiger partial charge in [-0.05, 0) is 72.2 Å². The average Bonchev–Trinajstić information content (AvgIpc) is 3.33. The van der Waals surface area contributed by atoms with Gasteiger partial charge in [-0.3, -0.25) is 4.90 Å². The Labute approximate surface area is 200 Å². The summed E-state index contributed by atoms with van der Waals surface area (Å²) in [7, 11) is -1.31. The number of carboxylic acids is 1. The number of nitrogens with zero attached hydrogens (tertiary/aromatic N) is 1. The van der Waals surface area contributed by atoms with E-state index in [1.54, 1.807) is 19.2 Å². The second kappa shape index (κ2) is 11.6. The summed E-state index contributed by atoms with van der Waals surface area (Å²) in [5, 5.41) is 17.5. The highest BCUT2D eigenvalue weighted by Gasteiger charge is 2.29. The highest BCUT2D eigenvalue weighted by Crippen LogP contribution is 2.38. The van der Waals surface area contributed by atoms with Crippen molar-refractivity contribution in [3.8, 4) is 5.75 Å². The molecule has 1 aliphatic rings. The Bertz CT molecular complexity index is 1150. The van der Waals surface area contributed by atoms with E-state index in [0.717, 1.165) is 37.2 Å². The topological polar surface area (TPSA) is 135 Å². The number of nitrogens with one attached hydrogen (secondary N) is 1. The fourth-order valence-electron chi connectivity index (χ4n) is 4.56. The van der Waals surface area contributed by atoms with Crippen LogP contribution in [-0.2, 0) is 15.8 Å². The van der Waals surface area contributed by atoms with E-state index in [9.17, 15) is 9.90 Å². The lowest BCUT2D eigenvalue weighted by atomic mass is 9.87. The zero-order valence-electron chi connectivity index (χ0n) is 19.4. The zero-order valence-corrected chi connectivity index (χ0v) is 20.2. The molecule has 3 aromatic rings. The van der Waals surface area contributed by atoms with Gasteiger partial charge in [0, 0.05) is 41.4 Å². The number of methoxy groups -OCH3 is 1. The van der Waals surface area contributed by atoms with Gasteiger partial charge in [-0.25, -0.2) is 10.1 Å². The Morgan fingerprint density at radius 2 is 2.00 bits per heavy atom. The summed E-state index contributed by atoms with van der Waals surface area (Å²) in [6, 6.07) is 11.9. The van der Waals surface area contributed by atoms with E-state index in [0.29, 0.717) is 11.5 Å². The minimum atomic E-state index is -3.04. The number of carbonyl (C=O) groups is 1. The Morgan fingerprint density at radius 1 is 1.32 bits per heavy atom. The molecular weight excluding hydrogens is 459 g/mol. The van der Waals surface area contributed by atoms with Crippen molar-refractivity contribution in [3.63, 3.8) is 0 Å². The summed E-state index contributed by atoms with van der Waals surface area (Å²) < 4.78 is 17.4. The molecule has 4 rings (SSSR count). The SMILES string of the molecule is COc1cc(C)c2[nH]ccc2c1CN1CC[C@@H](C)C[C@H]1c1ccc(C(=O)O)cc1.O=[P+]([O-])OO.[HH]. The number of carboxylic acid groups (broad SMARTS) is 1. The number of fused-ring (bicyclic) bond motifs is 1. The normalized spacial score (nSPS) is 18.8. The van der Waals surface area contributed by atoms with Crippen molar-refractivity contribution in [1.29, 1.82) is 0 Å². The number of ether oxygens (including phenoxy) is 1. The van der Waals surface area contributed by atoms with Crippen molar-refractivity contribution < 1.29 is 35.5 Å². The molecular formula is C24H31N2O7P. The summed E-state index contributed by atoms with van der Waals surface area (Å²) in [4.78, 5) is 26.0. The predicted octanol–water partition coefficient (Wildman–Crippen LogP) is 4.90. The van der Waals surface area contributed by atoms with E-state index < -0.39 is 14.2 Å². The molecule has 0 radical (unpaired) electrons. The predicted molar refractivity (Wildman–Crippen MR) is 128 cm³/mol. The van der Waals surface area contributed by atoms with Gasteiger partial charge in [0.25, 0.3) is 0 Å². The molecule has 9 nitrogen and oxygen atoms in total. The quantitative estimate of drug-likeness (QED) is 0.252. The zero-order chi connectivity index (χ0) is 24.8. The first-order valence-electron chi connectivity index (χ1n) is 10.9. The Hall–Kier alpha value is -2.81. The maximum atomic E-state index is 11.2. The molecule has 2 aromatic carbocycles. The van der Waals surface area contributed by atoms with Gasteiger partial charge in [0.2, 0.25) is 0 Å². The van der Waals surface area contributed by atoms with Crippen LogP contribution in [0.4, 0.5) is 0 Å². The van der Waals surface area contributed by atoms with Crippen LogP contribution in [-0.4, -0.2) is 39.9 Å². The van der Waals surface area contributed by atoms with Crippen LogP contribution in [0.3, 0.4) is 0 Å². The fraction of sp³-hybridized carbons (Fsp3) is 0.375. The third-order valence-electron chi connectivity index (χ3n) is 6.28. The molecule has 1 fully saturated rings. The molecule has 34 heavy (non-hydrogen) atoms. The average molecular weight is 490 g/mol. The molecule has 10 heteroatoms. The summed E-state index contributed by atoms with van der Waals surface area (Å²) in [5.74, 6) is 0.681. The lowest BCUT2D eigenvalue weighted by molar-refractivity contribution is -0.244. The molecule has 2 heterocycles. The first-order valence-corrected chi connectivity index (χ1v) is 12.0. The fourth-order valence-corrected chi connectivity index (χ4v) is 4.56. The van der Waals surface area contributed by atoms with Gasteiger partial charge in [-0.15, -0.1) is 0 Å². The molecule has 0 spiro atoms. The van der Waals surface area contributed by atoms with Crippen LogP contribution in [0.1, 0.15) is 54.3 Å². The number of benzene rings is 2. The highest BCUT2D eigenvalue weighted by atomic mass is 31.1. The Balaban J connectivity index is 0.000000656. The summed E-state index contributed by atoms with van der Waals surface area (Å²) in [6.07, 6.45) is 4.21. The monoisotopic (exact) mass is 490 g/mol. The van der Waals surface area contributed by atoms with Crippen molar-refractivity contribution >= 4 is 25.1 Å². The minimum Gasteiger partial charge on any atom is -0.565 e. The lowest BCUT2D eigenvalue weighted by Gasteiger charge is -2.39. The Kier molecular flexibility index (Phi) is 8.77. The van der Waals surface area contributed by atoms with Crippen LogP contribution in [0.5, 0.6) is 5.75 Å². The molecule has 0 amide bonds. The number of aryl methyl sites for hydroxylation is 1. The number of likely N-dealkylation sites (tertiary alicyclic amines) is 1. The largest absolute Gasteiger partial charge is 0.565 e. The lowest BCUT2D eigenvalue weighted by Crippen LogP contribution is -2.36. The second-order valence-electron chi connectivity index (χ2n) is 8.49. The molecule has 184 valence electrons. The summed E-state index contributed by atoms with van der Waals surface area (Å²) >= 11 is 0. The molecule has 1 aromatic heterocycles. The number of piperidine rings is 1. The van der Waals surface area contributed by atoms with Crippen LogP contribution in [0.15, 0.2) is 42.6 Å². The smallest absolute Gasteiger partial charge is 0.521 e. The standard InChI is InChI=1S/C24H28N2O3.HO4P.H2/c1-15-9-11-26(21(12-15)17-4-6-18(7-5-17)24(27)28)14-20-19-8-10-25-23(19)16(2)13-22(20)29-3;1-4-5(2)3;/h4-8,10,13,15,21,25H,9,11-12,14H2,1-3H3,(H,27,28);1H;1H/t15-,21+;;/m1../s1. The highest BCUT2D eigenvalue weighted by molar-refractivity contribution is 7.30. The Morgan fingerprint density at radius 3 is 2.59 bits per heavy atom. The maximum absolute atomic E-state index is 11.2. The maximum Gasteiger partial charge on any atom is 0.521 e. The second-order valence-corrected chi connectivity index (χ2v) is 9.10. The summed E-state index contributed by atoms with van der Waals surface area (Å²) in [6.45, 7) is 6.21. The number of H-pyrrole nitrogens is 1. The van der Waals surface area contributed by atoms with E-state index in [1.165, 1.54) is 22.1 Å². The van der Waals surface area contributed by atoms with Crippen molar-refractivity contribution in [2.75, 3.05) is 13.7 Å². The summed E-state index contributed by atoms with van der Waals surface area (Å²) in [5.41, 5.74) is 5.06. The van der Waals surface area contributed by atoms with Crippen molar-refractivity contribution in [2.24, 2.45) is 5.92 Å². The van der Waals surface area contributed by atoms with Gasteiger partial charge >= 0.3 is 14.2 Å². The van der Waals surface area contributed by atoms with Gasteiger partial charge in [-0.2, -0.15) is 0 Å². The molecule has 1 aliphatic heterocycles. The van der Waals surface area contributed by atoms with Crippen LogP contribution in [0.25, 0.3) is 10.9 Å². The molecule has 0 aliphatic carbocycles. The third kappa shape index (κ3) is 6.00. The molecule has 3 atom stereocenters. The van der Waals surface area contributed by atoms with Crippen LogP contribution in [0, 0.1) is 12.8 Å². The minimum absolute atomic E-state index is 0.